The minimum absolute atomic E-state index is 0.179. The SMILES string of the molecule is CC1CCN(S(=O)(=O)c2ccc(CO)nc2)CC1. The predicted octanol–water partition coefficient (Wildman–Crippen LogP) is 0.995. The number of aromatic nitrogens is 1. The molecule has 1 saturated heterocycles. The molecule has 0 spiro atoms. The van der Waals surface area contributed by atoms with Gasteiger partial charge in [-0.05, 0) is 30.9 Å². The van der Waals surface area contributed by atoms with Crippen molar-refractivity contribution in [2.45, 2.75) is 31.3 Å². The Balaban J connectivity index is 2.19. The maximum Gasteiger partial charge on any atom is 0.244 e. The fourth-order valence-corrected chi connectivity index (χ4v) is 3.45. The number of nitrogens with zero attached hydrogens (tertiary/aromatic N) is 2. The van der Waals surface area contributed by atoms with Crippen molar-refractivity contribution in [1.82, 2.24) is 9.29 Å². The van der Waals surface area contributed by atoms with Crippen LogP contribution >= 0.6 is 0 Å². The molecule has 100 valence electrons. The fourth-order valence-electron chi connectivity index (χ4n) is 2.03. The van der Waals surface area contributed by atoms with E-state index in [1.165, 1.54) is 16.6 Å². The Morgan fingerprint density at radius 1 is 1.39 bits per heavy atom. The van der Waals surface area contributed by atoms with Crippen molar-refractivity contribution in [2.75, 3.05) is 13.1 Å². The molecule has 1 fully saturated rings. The number of hydrogen-bond acceptors (Lipinski definition) is 4. The van der Waals surface area contributed by atoms with Crippen molar-refractivity contribution < 1.29 is 13.5 Å². The molecular formula is C12H18N2O3S. The van der Waals surface area contributed by atoms with Gasteiger partial charge in [-0.15, -0.1) is 0 Å². The molecule has 1 aliphatic rings. The van der Waals surface area contributed by atoms with Gasteiger partial charge in [-0.1, -0.05) is 6.92 Å². The van der Waals surface area contributed by atoms with Crippen molar-refractivity contribution in [2.24, 2.45) is 5.92 Å². The summed E-state index contributed by atoms with van der Waals surface area (Å²) in [6, 6.07) is 3.05. The van der Waals surface area contributed by atoms with Crippen LogP contribution in [-0.2, 0) is 16.6 Å². The molecule has 1 aromatic rings. The van der Waals surface area contributed by atoms with Gasteiger partial charge in [0.05, 0.1) is 12.3 Å². The van der Waals surface area contributed by atoms with Gasteiger partial charge in [0, 0.05) is 19.3 Å². The molecule has 0 atom stereocenters. The molecule has 5 nitrogen and oxygen atoms in total. The van der Waals surface area contributed by atoms with Crippen LogP contribution in [0.3, 0.4) is 0 Å². The number of rotatable bonds is 3. The quantitative estimate of drug-likeness (QED) is 0.889. The molecule has 1 N–H and O–H groups in total. The molecule has 0 aliphatic carbocycles. The van der Waals surface area contributed by atoms with Gasteiger partial charge < -0.3 is 5.11 Å². The van der Waals surface area contributed by atoms with E-state index in [1.807, 2.05) is 0 Å². The normalized spacial score (nSPS) is 19.0. The van der Waals surface area contributed by atoms with E-state index in [0.717, 1.165) is 12.8 Å². The molecule has 6 heteroatoms. The lowest BCUT2D eigenvalue weighted by molar-refractivity contribution is 0.276. The minimum atomic E-state index is -3.42. The van der Waals surface area contributed by atoms with Gasteiger partial charge in [0.2, 0.25) is 10.0 Å². The summed E-state index contributed by atoms with van der Waals surface area (Å²) in [5.74, 6) is 0.589. The average Bonchev–Trinajstić information content (AvgIpc) is 2.39. The van der Waals surface area contributed by atoms with Crippen molar-refractivity contribution in [3.05, 3.63) is 24.0 Å². The molecule has 2 rings (SSSR count). The van der Waals surface area contributed by atoms with Crippen molar-refractivity contribution in [1.29, 1.82) is 0 Å². The first kappa shape index (κ1) is 13.5. The average molecular weight is 270 g/mol. The summed E-state index contributed by atoms with van der Waals surface area (Å²) in [6.07, 6.45) is 3.13. The lowest BCUT2D eigenvalue weighted by Crippen LogP contribution is -2.37. The lowest BCUT2D eigenvalue weighted by atomic mass is 10.0. The third kappa shape index (κ3) is 2.71. The van der Waals surface area contributed by atoms with E-state index < -0.39 is 10.0 Å². The molecule has 1 aliphatic heterocycles. The number of sulfonamides is 1. The second kappa shape index (κ2) is 5.34. The van der Waals surface area contributed by atoms with E-state index in [2.05, 4.69) is 11.9 Å². The Morgan fingerprint density at radius 2 is 2.06 bits per heavy atom. The van der Waals surface area contributed by atoms with E-state index >= 15 is 0 Å². The van der Waals surface area contributed by atoms with E-state index in [0.29, 0.717) is 24.7 Å². The molecule has 0 aromatic carbocycles. The highest BCUT2D eigenvalue weighted by molar-refractivity contribution is 7.89. The number of aliphatic hydroxyl groups is 1. The zero-order chi connectivity index (χ0) is 13.2. The van der Waals surface area contributed by atoms with Crippen LogP contribution in [0.25, 0.3) is 0 Å². The van der Waals surface area contributed by atoms with Crippen molar-refractivity contribution in [3.63, 3.8) is 0 Å². The van der Waals surface area contributed by atoms with Gasteiger partial charge in [-0.2, -0.15) is 4.31 Å². The first-order chi connectivity index (χ1) is 8.54. The van der Waals surface area contributed by atoms with Crippen LogP contribution in [0.15, 0.2) is 23.2 Å². The van der Waals surface area contributed by atoms with Gasteiger partial charge in [-0.3, -0.25) is 4.98 Å². The van der Waals surface area contributed by atoms with Crippen LogP contribution in [0.5, 0.6) is 0 Å². The first-order valence-electron chi connectivity index (χ1n) is 6.10. The predicted molar refractivity (Wildman–Crippen MR) is 67.3 cm³/mol. The Bertz CT molecular complexity index is 491. The van der Waals surface area contributed by atoms with Crippen molar-refractivity contribution in [3.8, 4) is 0 Å². The monoisotopic (exact) mass is 270 g/mol. The summed E-state index contributed by atoms with van der Waals surface area (Å²) in [5.41, 5.74) is 0.473. The Kier molecular flexibility index (Phi) is 3.99. The van der Waals surface area contributed by atoms with Crippen LogP contribution in [0, 0.1) is 5.92 Å². The van der Waals surface area contributed by atoms with Crippen LogP contribution in [-0.4, -0.2) is 35.9 Å². The molecule has 1 aromatic heterocycles. The minimum Gasteiger partial charge on any atom is -0.390 e. The number of aliphatic hydroxyl groups excluding tert-OH is 1. The highest BCUT2D eigenvalue weighted by Crippen LogP contribution is 2.22. The second-order valence-corrected chi connectivity index (χ2v) is 6.67. The van der Waals surface area contributed by atoms with Gasteiger partial charge in [0.1, 0.15) is 4.90 Å². The molecule has 2 heterocycles. The maximum atomic E-state index is 12.3. The molecule has 0 amide bonds. The zero-order valence-electron chi connectivity index (χ0n) is 10.4. The van der Waals surface area contributed by atoms with Crippen LogP contribution in [0.2, 0.25) is 0 Å². The molecule has 0 unspecified atom stereocenters. The molecule has 0 radical (unpaired) electrons. The highest BCUT2D eigenvalue weighted by Gasteiger charge is 2.28. The summed E-state index contributed by atoms with van der Waals surface area (Å²) in [6.45, 7) is 3.11. The van der Waals surface area contributed by atoms with Crippen LogP contribution < -0.4 is 0 Å². The Labute approximate surface area is 108 Å². The smallest absolute Gasteiger partial charge is 0.244 e. The summed E-state index contributed by atoms with van der Waals surface area (Å²) < 4.78 is 26.2. The third-order valence-corrected chi connectivity index (χ3v) is 5.22. The summed E-state index contributed by atoms with van der Waals surface area (Å²) in [5, 5.41) is 8.89. The summed E-state index contributed by atoms with van der Waals surface area (Å²) >= 11 is 0. The zero-order valence-corrected chi connectivity index (χ0v) is 11.2. The van der Waals surface area contributed by atoms with Crippen LogP contribution in [0.4, 0.5) is 0 Å². The lowest BCUT2D eigenvalue weighted by Gasteiger charge is -2.29. The van der Waals surface area contributed by atoms with Crippen molar-refractivity contribution >= 4 is 10.0 Å². The fraction of sp³-hybridized carbons (Fsp3) is 0.583. The van der Waals surface area contributed by atoms with E-state index in [4.69, 9.17) is 5.11 Å². The van der Waals surface area contributed by atoms with E-state index in [-0.39, 0.29) is 11.5 Å². The summed E-state index contributed by atoms with van der Waals surface area (Å²) in [4.78, 5) is 4.12. The standard InChI is InChI=1S/C12H18N2O3S/c1-10-4-6-14(7-5-10)18(16,17)12-3-2-11(9-15)13-8-12/h2-3,8,10,15H,4-7,9H2,1H3. The number of piperidine rings is 1. The van der Waals surface area contributed by atoms with E-state index in [9.17, 15) is 8.42 Å². The van der Waals surface area contributed by atoms with E-state index in [1.54, 1.807) is 6.07 Å². The Hall–Kier alpha value is -0.980. The Morgan fingerprint density at radius 3 is 2.56 bits per heavy atom. The molecule has 18 heavy (non-hydrogen) atoms. The van der Waals surface area contributed by atoms with Gasteiger partial charge >= 0.3 is 0 Å². The second-order valence-electron chi connectivity index (χ2n) is 4.73. The van der Waals surface area contributed by atoms with Gasteiger partial charge in [0.25, 0.3) is 0 Å². The largest absolute Gasteiger partial charge is 0.390 e. The highest BCUT2D eigenvalue weighted by atomic mass is 32.2. The maximum absolute atomic E-state index is 12.3. The molecule has 0 bridgehead atoms. The number of pyridine rings is 1. The first-order valence-corrected chi connectivity index (χ1v) is 7.54. The van der Waals surface area contributed by atoms with Crippen LogP contribution in [0.1, 0.15) is 25.5 Å². The van der Waals surface area contributed by atoms with Gasteiger partial charge in [-0.25, -0.2) is 8.42 Å². The molecule has 0 saturated carbocycles. The molecular weight excluding hydrogens is 252 g/mol. The third-order valence-electron chi connectivity index (χ3n) is 3.34. The van der Waals surface area contributed by atoms with Gasteiger partial charge in [0.15, 0.2) is 0 Å². The topological polar surface area (TPSA) is 70.5 Å². The summed E-state index contributed by atoms with van der Waals surface area (Å²) in [7, 11) is -3.42. The number of hydrogen-bond donors (Lipinski definition) is 1.